The Morgan fingerprint density at radius 3 is 2.52 bits per heavy atom. The number of aryl methyl sites for hydroxylation is 2. The highest BCUT2D eigenvalue weighted by Gasteiger charge is 2.35. The number of esters is 1. The van der Waals surface area contributed by atoms with E-state index in [1.165, 1.54) is 25.2 Å². The summed E-state index contributed by atoms with van der Waals surface area (Å²) in [6, 6.07) is 0. The number of fused-ring (bicyclic) bond motifs is 1. The maximum atomic E-state index is 12.7. The van der Waals surface area contributed by atoms with Gasteiger partial charge in [-0.15, -0.1) is 11.3 Å². The Kier molecular flexibility index (Phi) is 3.79. The highest BCUT2D eigenvalue weighted by atomic mass is 32.1. The van der Waals surface area contributed by atoms with Crippen molar-refractivity contribution in [3.8, 4) is 0 Å². The molecule has 6 nitrogen and oxygen atoms in total. The van der Waals surface area contributed by atoms with E-state index in [1.807, 2.05) is 13.8 Å². The van der Waals surface area contributed by atoms with Crippen molar-refractivity contribution in [2.24, 2.45) is 0 Å². The highest BCUT2D eigenvalue weighted by molar-refractivity contribution is 7.18. The number of rotatable bonds is 3. The summed E-state index contributed by atoms with van der Waals surface area (Å²) in [6.45, 7) is 8.59. The Hall–Kier alpha value is -1.89. The van der Waals surface area contributed by atoms with Crippen molar-refractivity contribution in [2.75, 3.05) is 6.61 Å². The largest absolute Gasteiger partial charge is 0.464 e. The molecule has 0 radical (unpaired) electrons. The summed E-state index contributed by atoms with van der Waals surface area (Å²) in [5.41, 5.74) is -1.61. The maximum Gasteiger partial charge on any atom is 0.332 e. The number of carbonyl (C=O) groups is 1. The summed E-state index contributed by atoms with van der Waals surface area (Å²) >= 11 is 1.36. The molecule has 2 rings (SSSR count). The van der Waals surface area contributed by atoms with Gasteiger partial charge in [0.25, 0.3) is 5.56 Å². The lowest BCUT2D eigenvalue weighted by Crippen LogP contribution is -2.51. The van der Waals surface area contributed by atoms with Crippen molar-refractivity contribution in [1.82, 2.24) is 9.55 Å². The van der Waals surface area contributed by atoms with Crippen LogP contribution in [-0.4, -0.2) is 22.1 Å². The molecule has 21 heavy (non-hydrogen) atoms. The van der Waals surface area contributed by atoms with Gasteiger partial charge in [-0.05, 0) is 40.2 Å². The summed E-state index contributed by atoms with van der Waals surface area (Å²) in [5, 5.41) is 0.453. The fraction of sp³-hybridized carbons (Fsp3) is 0.500. The molecule has 0 aliphatic rings. The summed E-state index contributed by atoms with van der Waals surface area (Å²) in [7, 11) is 0. The summed E-state index contributed by atoms with van der Waals surface area (Å²) in [6.07, 6.45) is 0. The molecule has 0 saturated carbocycles. The molecular formula is C14H18N2O4S. The molecule has 0 aliphatic carbocycles. The van der Waals surface area contributed by atoms with E-state index < -0.39 is 22.8 Å². The van der Waals surface area contributed by atoms with E-state index in [1.54, 1.807) is 6.92 Å². The number of carbonyl (C=O) groups excluding carboxylic acids is 1. The highest BCUT2D eigenvalue weighted by Crippen LogP contribution is 2.25. The number of hydrogen-bond acceptors (Lipinski definition) is 5. The predicted octanol–water partition coefficient (Wildman–Crippen LogP) is 1.67. The van der Waals surface area contributed by atoms with Crippen LogP contribution in [0.15, 0.2) is 9.59 Å². The number of H-pyrrole nitrogens is 1. The van der Waals surface area contributed by atoms with Gasteiger partial charge in [0, 0.05) is 4.88 Å². The van der Waals surface area contributed by atoms with Crippen LogP contribution in [0.3, 0.4) is 0 Å². The van der Waals surface area contributed by atoms with Crippen molar-refractivity contribution in [3.05, 3.63) is 31.3 Å². The van der Waals surface area contributed by atoms with Crippen LogP contribution < -0.4 is 11.2 Å². The summed E-state index contributed by atoms with van der Waals surface area (Å²) in [5.74, 6) is -0.610. The topological polar surface area (TPSA) is 81.2 Å². The molecule has 0 amide bonds. The average molecular weight is 310 g/mol. The van der Waals surface area contributed by atoms with Crippen LogP contribution in [0, 0.1) is 13.8 Å². The molecule has 0 aromatic carbocycles. The lowest BCUT2D eigenvalue weighted by Gasteiger charge is -2.23. The van der Waals surface area contributed by atoms with E-state index >= 15 is 0 Å². The number of ether oxygens (including phenoxy) is 1. The molecule has 0 saturated heterocycles. The molecule has 114 valence electrons. The molecule has 7 heteroatoms. The van der Waals surface area contributed by atoms with Crippen molar-refractivity contribution < 1.29 is 9.53 Å². The first-order chi connectivity index (χ1) is 9.71. The second-order valence-corrected chi connectivity index (χ2v) is 6.56. The van der Waals surface area contributed by atoms with Gasteiger partial charge < -0.3 is 4.74 Å². The SMILES string of the molecule is CCOC(=O)C(C)(C)n1c(=O)[nH]c2sc(C)c(C)c2c1=O. The second-order valence-electron chi connectivity index (χ2n) is 5.34. The molecule has 2 aromatic rings. The normalized spacial score (nSPS) is 11.9. The standard InChI is InChI=1S/C14H18N2O4S/c1-6-20-12(18)14(4,5)16-11(17)9-7(2)8(3)21-10(9)15-13(16)19/h6H2,1-5H3,(H,15,19). The number of thiophene rings is 1. The third kappa shape index (κ3) is 2.31. The van der Waals surface area contributed by atoms with Gasteiger partial charge in [0.1, 0.15) is 10.4 Å². The van der Waals surface area contributed by atoms with Gasteiger partial charge in [0.2, 0.25) is 0 Å². The predicted molar refractivity (Wildman–Crippen MR) is 82.1 cm³/mol. The first-order valence-electron chi connectivity index (χ1n) is 6.64. The quantitative estimate of drug-likeness (QED) is 0.874. The van der Waals surface area contributed by atoms with Crippen molar-refractivity contribution in [3.63, 3.8) is 0 Å². The third-order valence-electron chi connectivity index (χ3n) is 3.56. The van der Waals surface area contributed by atoms with Gasteiger partial charge >= 0.3 is 11.7 Å². The smallest absolute Gasteiger partial charge is 0.332 e. The first kappa shape index (κ1) is 15.5. The van der Waals surface area contributed by atoms with E-state index in [4.69, 9.17) is 4.74 Å². The van der Waals surface area contributed by atoms with Crippen LogP contribution in [0.25, 0.3) is 10.2 Å². The van der Waals surface area contributed by atoms with Gasteiger partial charge in [-0.2, -0.15) is 0 Å². The fourth-order valence-corrected chi connectivity index (χ4v) is 3.28. The number of aromatic amines is 1. The Morgan fingerprint density at radius 1 is 1.33 bits per heavy atom. The van der Waals surface area contributed by atoms with Crippen LogP contribution in [0.4, 0.5) is 0 Å². The zero-order valence-corrected chi connectivity index (χ0v) is 13.5. The lowest BCUT2D eigenvalue weighted by atomic mass is 10.1. The zero-order chi connectivity index (χ0) is 15.9. The minimum absolute atomic E-state index is 0.188. The van der Waals surface area contributed by atoms with Crippen molar-refractivity contribution in [2.45, 2.75) is 40.2 Å². The Morgan fingerprint density at radius 2 is 1.95 bits per heavy atom. The Bertz CT molecular complexity index is 826. The van der Waals surface area contributed by atoms with Gasteiger partial charge in [-0.25, -0.2) is 14.2 Å². The minimum atomic E-state index is -1.36. The lowest BCUT2D eigenvalue weighted by molar-refractivity contribution is -0.152. The number of nitrogens with zero attached hydrogens (tertiary/aromatic N) is 1. The Balaban J connectivity index is 2.82. The van der Waals surface area contributed by atoms with E-state index in [9.17, 15) is 14.4 Å². The summed E-state index contributed by atoms with van der Waals surface area (Å²) < 4.78 is 5.91. The molecular weight excluding hydrogens is 292 g/mol. The molecule has 1 N–H and O–H groups in total. The first-order valence-corrected chi connectivity index (χ1v) is 7.46. The van der Waals surface area contributed by atoms with Crippen LogP contribution in [0.1, 0.15) is 31.2 Å². The van der Waals surface area contributed by atoms with E-state index in [0.717, 1.165) is 15.0 Å². The summed E-state index contributed by atoms with van der Waals surface area (Å²) in [4.78, 5) is 41.2. The monoisotopic (exact) mass is 310 g/mol. The molecule has 0 atom stereocenters. The van der Waals surface area contributed by atoms with Crippen LogP contribution in [0.5, 0.6) is 0 Å². The third-order valence-corrected chi connectivity index (χ3v) is 4.68. The van der Waals surface area contributed by atoms with Gasteiger partial charge in [-0.1, -0.05) is 0 Å². The molecule has 0 spiro atoms. The van der Waals surface area contributed by atoms with E-state index in [0.29, 0.717) is 10.2 Å². The molecule has 2 aromatic heterocycles. The number of nitrogens with one attached hydrogen (secondary N) is 1. The molecule has 0 unspecified atom stereocenters. The molecule has 2 heterocycles. The molecule has 0 fully saturated rings. The van der Waals surface area contributed by atoms with E-state index in [2.05, 4.69) is 4.98 Å². The number of hydrogen-bond donors (Lipinski definition) is 1. The zero-order valence-electron chi connectivity index (χ0n) is 12.7. The van der Waals surface area contributed by atoms with Crippen LogP contribution >= 0.6 is 11.3 Å². The molecule has 0 aliphatic heterocycles. The van der Waals surface area contributed by atoms with Crippen LogP contribution in [0.2, 0.25) is 0 Å². The number of aromatic nitrogens is 2. The second kappa shape index (κ2) is 5.14. The van der Waals surface area contributed by atoms with Crippen molar-refractivity contribution in [1.29, 1.82) is 0 Å². The van der Waals surface area contributed by atoms with Crippen molar-refractivity contribution >= 4 is 27.5 Å². The van der Waals surface area contributed by atoms with Crippen LogP contribution in [-0.2, 0) is 15.1 Å². The average Bonchev–Trinajstić information content (AvgIpc) is 2.64. The molecule has 0 bridgehead atoms. The van der Waals surface area contributed by atoms with Gasteiger partial charge in [0.15, 0.2) is 0 Å². The van der Waals surface area contributed by atoms with Gasteiger partial charge in [-0.3, -0.25) is 9.78 Å². The van der Waals surface area contributed by atoms with Gasteiger partial charge in [0.05, 0.1) is 12.0 Å². The fourth-order valence-electron chi connectivity index (χ4n) is 2.24. The maximum absolute atomic E-state index is 12.7. The Labute approximate surface area is 125 Å². The van der Waals surface area contributed by atoms with E-state index in [-0.39, 0.29) is 6.61 Å². The minimum Gasteiger partial charge on any atom is -0.464 e.